The number of anilines is 3. The number of carbonyl (C=O) groups is 2. The van der Waals surface area contributed by atoms with Crippen molar-refractivity contribution in [2.75, 3.05) is 23.7 Å². The quantitative estimate of drug-likeness (QED) is 0.435. The van der Waals surface area contributed by atoms with Gasteiger partial charge in [0.2, 0.25) is 11.9 Å². The lowest BCUT2D eigenvalue weighted by Crippen LogP contribution is -2.41. The summed E-state index contributed by atoms with van der Waals surface area (Å²) in [6, 6.07) is 9.08. The van der Waals surface area contributed by atoms with Crippen LogP contribution in [-0.2, 0) is 4.79 Å². The van der Waals surface area contributed by atoms with Gasteiger partial charge in [-0.05, 0) is 55.4 Å². The lowest BCUT2D eigenvalue weighted by molar-refractivity contribution is -0.122. The highest BCUT2D eigenvalue weighted by Crippen LogP contribution is 2.45. The number of carbonyl (C=O) groups excluding carboxylic acids is 2. The van der Waals surface area contributed by atoms with E-state index < -0.39 is 0 Å². The first kappa shape index (κ1) is 22.3. The maximum atomic E-state index is 12.8. The number of nitrogens with two attached hydrogens (primary N) is 1. The van der Waals surface area contributed by atoms with E-state index in [1.807, 2.05) is 35.2 Å². The first-order valence-electron chi connectivity index (χ1n) is 12.4. The minimum absolute atomic E-state index is 0.0385. The second-order valence-corrected chi connectivity index (χ2v) is 9.72. The molecule has 2 bridgehead atoms. The normalized spacial score (nSPS) is 24.3. The number of nitrogens with zero attached hydrogens (tertiary/aromatic N) is 3. The number of furan rings is 1. The van der Waals surface area contributed by atoms with Crippen molar-refractivity contribution in [2.45, 2.75) is 25.3 Å². The van der Waals surface area contributed by atoms with Crippen LogP contribution in [0.3, 0.4) is 0 Å². The van der Waals surface area contributed by atoms with Gasteiger partial charge in [-0.2, -0.15) is 4.98 Å². The van der Waals surface area contributed by atoms with E-state index in [-0.39, 0.29) is 35.6 Å². The molecular weight excluding hydrogens is 456 g/mol. The third kappa shape index (κ3) is 4.10. The minimum Gasteiger partial charge on any atom is -0.472 e. The van der Waals surface area contributed by atoms with Crippen LogP contribution in [0.15, 0.2) is 65.6 Å². The number of aromatic nitrogens is 2. The highest BCUT2D eigenvalue weighted by molar-refractivity contribution is 5.95. The van der Waals surface area contributed by atoms with Crippen LogP contribution in [0.25, 0.3) is 11.1 Å². The molecule has 2 fully saturated rings. The molecule has 1 aliphatic heterocycles. The summed E-state index contributed by atoms with van der Waals surface area (Å²) < 4.78 is 5.29. The van der Waals surface area contributed by atoms with E-state index >= 15 is 0 Å². The molecule has 3 aromatic rings. The molecule has 4 atom stereocenters. The summed E-state index contributed by atoms with van der Waals surface area (Å²) in [6.07, 6.45) is 12.2. The van der Waals surface area contributed by atoms with Crippen LogP contribution in [0.2, 0.25) is 0 Å². The minimum atomic E-state index is -0.305. The monoisotopic (exact) mass is 484 g/mol. The first-order chi connectivity index (χ1) is 17.6. The summed E-state index contributed by atoms with van der Waals surface area (Å²) in [7, 11) is 0. The predicted molar refractivity (Wildman–Crippen MR) is 135 cm³/mol. The topological polar surface area (TPSA) is 126 Å². The Labute approximate surface area is 208 Å². The number of amides is 2. The SMILES string of the molecule is NC(=O)C1C(Nc2nc(Nc3cccc(C(=O)N4CCCC4)c3)ncc2-c2ccoc2)C2C=C[C@@H]1C2. The van der Waals surface area contributed by atoms with Crippen LogP contribution in [0, 0.1) is 17.8 Å². The van der Waals surface area contributed by atoms with Crippen LogP contribution < -0.4 is 16.4 Å². The van der Waals surface area contributed by atoms with Crippen molar-refractivity contribution in [3.8, 4) is 11.1 Å². The second-order valence-electron chi connectivity index (χ2n) is 9.72. The number of benzene rings is 1. The summed E-state index contributed by atoms with van der Waals surface area (Å²) >= 11 is 0. The van der Waals surface area contributed by atoms with Crippen LogP contribution in [0.1, 0.15) is 29.6 Å². The van der Waals surface area contributed by atoms with Crippen molar-refractivity contribution in [1.29, 1.82) is 0 Å². The van der Waals surface area contributed by atoms with Crippen molar-refractivity contribution in [1.82, 2.24) is 14.9 Å². The smallest absolute Gasteiger partial charge is 0.253 e. The van der Waals surface area contributed by atoms with E-state index in [4.69, 9.17) is 15.1 Å². The Kier molecular flexibility index (Phi) is 5.67. The van der Waals surface area contributed by atoms with Gasteiger partial charge < -0.3 is 25.7 Å². The standard InChI is InChI=1S/C27H28N6O3/c28-24(34)22-16-6-7-17(12-16)23(22)31-25-21(19-8-11-36-15-19)14-29-27(32-25)30-20-5-3-4-18(13-20)26(35)33-9-1-2-10-33/h3-8,11,13-17,22-23H,1-2,9-10,12H2,(H2,28,34)(H2,29,30,31,32)/t16-,17?,22?,23?/m1/s1. The van der Waals surface area contributed by atoms with E-state index in [9.17, 15) is 9.59 Å². The molecule has 0 radical (unpaired) electrons. The number of nitrogens with one attached hydrogen (secondary N) is 2. The van der Waals surface area contributed by atoms with Crippen LogP contribution in [-0.4, -0.2) is 45.8 Å². The molecule has 3 unspecified atom stereocenters. The molecule has 184 valence electrons. The second kappa shape index (κ2) is 9.14. The van der Waals surface area contributed by atoms with Gasteiger partial charge in [0.05, 0.1) is 18.4 Å². The molecule has 1 saturated carbocycles. The molecule has 36 heavy (non-hydrogen) atoms. The molecule has 1 saturated heterocycles. The van der Waals surface area contributed by atoms with E-state index in [0.717, 1.165) is 49.2 Å². The zero-order chi connectivity index (χ0) is 24.6. The molecule has 6 rings (SSSR count). The molecule has 0 spiro atoms. The van der Waals surface area contributed by atoms with Crippen molar-refractivity contribution in [3.05, 3.63) is 66.8 Å². The molecule has 9 nitrogen and oxygen atoms in total. The third-order valence-electron chi connectivity index (χ3n) is 7.47. The van der Waals surface area contributed by atoms with Crippen LogP contribution >= 0.6 is 0 Å². The van der Waals surface area contributed by atoms with Crippen molar-refractivity contribution < 1.29 is 14.0 Å². The maximum Gasteiger partial charge on any atom is 0.253 e. The average molecular weight is 485 g/mol. The van der Waals surface area contributed by atoms with Crippen LogP contribution in [0.5, 0.6) is 0 Å². The lowest BCUT2D eigenvalue weighted by atomic mass is 9.88. The van der Waals surface area contributed by atoms with Crippen LogP contribution in [0.4, 0.5) is 17.5 Å². The highest BCUT2D eigenvalue weighted by atomic mass is 16.3. The number of fused-ring (bicyclic) bond motifs is 2. The maximum absolute atomic E-state index is 12.8. The van der Waals surface area contributed by atoms with E-state index in [2.05, 4.69) is 27.8 Å². The molecule has 2 amide bonds. The fourth-order valence-electron chi connectivity index (χ4n) is 5.71. The van der Waals surface area contributed by atoms with Gasteiger partial charge in [0, 0.05) is 47.7 Å². The molecule has 2 aliphatic carbocycles. The Morgan fingerprint density at radius 2 is 1.94 bits per heavy atom. The summed E-state index contributed by atoms with van der Waals surface area (Å²) in [5.41, 5.74) is 8.72. The van der Waals surface area contributed by atoms with Gasteiger partial charge in [-0.15, -0.1) is 0 Å². The molecule has 4 N–H and O–H groups in total. The lowest BCUT2D eigenvalue weighted by Gasteiger charge is -2.28. The Balaban J connectivity index is 1.29. The Hall–Kier alpha value is -4.14. The van der Waals surface area contributed by atoms with Gasteiger partial charge in [-0.1, -0.05) is 18.2 Å². The van der Waals surface area contributed by atoms with Gasteiger partial charge in [-0.3, -0.25) is 9.59 Å². The zero-order valence-electron chi connectivity index (χ0n) is 19.8. The van der Waals surface area contributed by atoms with Crippen molar-refractivity contribution in [3.63, 3.8) is 0 Å². The molecule has 9 heteroatoms. The summed E-state index contributed by atoms with van der Waals surface area (Å²) in [4.78, 5) is 36.3. The summed E-state index contributed by atoms with van der Waals surface area (Å²) in [6.45, 7) is 1.60. The largest absolute Gasteiger partial charge is 0.472 e. The third-order valence-corrected chi connectivity index (χ3v) is 7.47. The molecule has 2 aromatic heterocycles. The Morgan fingerprint density at radius 3 is 2.72 bits per heavy atom. The number of rotatable bonds is 7. The Bertz CT molecular complexity index is 1310. The van der Waals surface area contributed by atoms with Gasteiger partial charge in [0.15, 0.2) is 0 Å². The molecular formula is C27H28N6O3. The zero-order valence-corrected chi connectivity index (χ0v) is 19.8. The van der Waals surface area contributed by atoms with Gasteiger partial charge >= 0.3 is 0 Å². The molecule has 3 heterocycles. The number of hydrogen-bond donors (Lipinski definition) is 3. The van der Waals surface area contributed by atoms with E-state index in [1.54, 1.807) is 18.7 Å². The number of primary amides is 1. The Morgan fingerprint density at radius 1 is 1.11 bits per heavy atom. The number of likely N-dealkylation sites (tertiary alicyclic amines) is 1. The fourth-order valence-corrected chi connectivity index (χ4v) is 5.71. The fraction of sp³-hybridized carbons (Fsp3) is 0.333. The van der Waals surface area contributed by atoms with Gasteiger partial charge in [-0.25, -0.2) is 4.98 Å². The van der Waals surface area contributed by atoms with Gasteiger partial charge in [0.1, 0.15) is 5.82 Å². The van der Waals surface area contributed by atoms with E-state index in [1.165, 1.54) is 0 Å². The number of allylic oxidation sites excluding steroid dienone is 1. The molecule has 1 aromatic carbocycles. The van der Waals surface area contributed by atoms with Crippen molar-refractivity contribution in [2.24, 2.45) is 23.5 Å². The average Bonchev–Trinajstić information content (AvgIpc) is 3.69. The van der Waals surface area contributed by atoms with E-state index in [0.29, 0.717) is 17.3 Å². The van der Waals surface area contributed by atoms with Gasteiger partial charge in [0.25, 0.3) is 5.91 Å². The highest BCUT2D eigenvalue weighted by Gasteiger charge is 2.47. The predicted octanol–water partition coefficient (Wildman–Crippen LogP) is 3.80. The molecule has 3 aliphatic rings. The first-order valence-corrected chi connectivity index (χ1v) is 12.4. The number of hydrogen-bond acceptors (Lipinski definition) is 7. The van der Waals surface area contributed by atoms with Crippen molar-refractivity contribution >= 4 is 29.3 Å². The summed E-state index contributed by atoms with van der Waals surface area (Å²) in [5.74, 6) is 0.775. The summed E-state index contributed by atoms with van der Waals surface area (Å²) in [5, 5.41) is 6.74.